The number of nitrogens with one attached hydrogen (secondary N) is 1. The highest BCUT2D eigenvalue weighted by Crippen LogP contribution is 2.44. The van der Waals surface area contributed by atoms with Crippen molar-refractivity contribution in [3.63, 3.8) is 0 Å². The van der Waals surface area contributed by atoms with Crippen LogP contribution in [-0.4, -0.2) is 60.2 Å². The first-order chi connectivity index (χ1) is 12.3. The number of rotatable bonds is 2. The maximum absolute atomic E-state index is 9.23. The van der Waals surface area contributed by atoms with E-state index in [9.17, 15) is 5.26 Å². The molecule has 0 aromatic carbocycles. The quantitative estimate of drug-likeness (QED) is 0.804. The summed E-state index contributed by atoms with van der Waals surface area (Å²) in [5.74, 6) is 0.752. The molecule has 1 aliphatic carbocycles. The lowest BCUT2D eigenvalue weighted by molar-refractivity contribution is 0.0626. The Kier molecular flexibility index (Phi) is 8.11. The average Bonchev–Trinajstić information content (AvgIpc) is 2.69. The molecule has 1 aromatic rings. The first kappa shape index (κ1) is 22.2. The molecule has 1 N–H and O–H groups in total. The number of nitriles is 1. The minimum atomic E-state index is 0. The van der Waals surface area contributed by atoms with E-state index in [-0.39, 0.29) is 24.8 Å². The van der Waals surface area contributed by atoms with Crippen LogP contribution in [0.4, 0.5) is 5.82 Å². The fourth-order valence-electron chi connectivity index (χ4n) is 4.98. The molecule has 1 aromatic heterocycles. The van der Waals surface area contributed by atoms with E-state index in [0.29, 0.717) is 11.1 Å². The van der Waals surface area contributed by atoms with Gasteiger partial charge in [0.2, 0.25) is 0 Å². The first-order valence-electron chi connectivity index (χ1n) is 9.71. The molecule has 3 heterocycles. The summed E-state index contributed by atoms with van der Waals surface area (Å²) in [4.78, 5) is 13.4. The summed E-state index contributed by atoms with van der Waals surface area (Å²) in [6, 6.07) is 2.92. The molecule has 1 saturated carbocycles. The van der Waals surface area contributed by atoms with Gasteiger partial charge in [-0.1, -0.05) is 0 Å². The van der Waals surface area contributed by atoms with Gasteiger partial charge in [0.25, 0.3) is 0 Å². The molecule has 3 aliphatic rings. The Hall–Kier alpha value is -1.13. The van der Waals surface area contributed by atoms with Crippen molar-refractivity contribution in [2.24, 2.45) is 5.41 Å². The van der Waals surface area contributed by atoms with Crippen molar-refractivity contribution in [1.29, 1.82) is 5.26 Å². The van der Waals surface area contributed by atoms with E-state index in [1.54, 1.807) is 12.4 Å². The van der Waals surface area contributed by atoms with Crippen LogP contribution in [0.1, 0.15) is 44.2 Å². The van der Waals surface area contributed by atoms with Crippen LogP contribution in [0.25, 0.3) is 0 Å². The van der Waals surface area contributed by atoms with Crippen LogP contribution in [0, 0.1) is 16.7 Å². The molecule has 27 heavy (non-hydrogen) atoms. The van der Waals surface area contributed by atoms with Gasteiger partial charge in [-0.15, -0.1) is 24.8 Å². The molecule has 150 valence electrons. The zero-order chi connectivity index (χ0) is 17.1. The fourth-order valence-corrected chi connectivity index (χ4v) is 4.98. The number of piperazine rings is 1. The highest BCUT2D eigenvalue weighted by atomic mass is 35.5. The molecule has 1 spiro atoms. The maximum atomic E-state index is 9.23. The van der Waals surface area contributed by atoms with Gasteiger partial charge in [-0.2, -0.15) is 5.26 Å². The normalized spacial score (nSPS) is 23.1. The van der Waals surface area contributed by atoms with Gasteiger partial charge in [-0.05, 0) is 57.0 Å². The molecule has 0 atom stereocenters. The minimum absolute atomic E-state index is 0. The van der Waals surface area contributed by atoms with Crippen LogP contribution in [0.2, 0.25) is 0 Å². The number of aromatic nitrogens is 2. The number of halogens is 2. The van der Waals surface area contributed by atoms with Gasteiger partial charge in [-0.25, -0.2) is 9.97 Å². The largest absolute Gasteiger partial charge is 0.352 e. The van der Waals surface area contributed by atoms with Crippen LogP contribution in [0.3, 0.4) is 0 Å². The lowest BCUT2D eigenvalue weighted by atomic mass is 9.67. The molecule has 0 amide bonds. The lowest BCUT2D eigenvalue weighted by Crippen LogP contribution is -2.52. The Morgan fingerprint density at radius 3 is 2.22 bits per heavy atom. The topological polar surface area (TPSA) is 68.1 Å². The number of piperidine rings is 1. The van der Waals surface area contributed by atoms with Crippen LogP contribution < -0.4 is 10.2 Å². The monoisotopic (exact) mass is 412 g/mol. The minimum Gasteiger partial charge on any atom is -0.352 e. The molecular formula is C19H30Cl2N6. The molecule has 0 bridgehead atoms. The number of hydrogen-bond donors (Lipinski definition) is 1. The predicted octanol–water partition coefficient (Wildman–Crippen LogP) is 2.63. The van der Waals surface area contributed by atoms with E-state index in [1.807, 2.05) is 0 Å². The van der Waals surface area contributed by atoms with Crippen molar-refractivity contribution in [2.75, 3.05) is 44.2 Å². The molecule has 6 nitrogen and oxygen atoms in total. The molecule has 2 aliphatic heterocycles. The van der Waals surface area contributed by atoms with Gasteiger partial charge in [0.1, 0.15) is 6.07 Å². The van der Waals surface area contributed by atoms with Crippen LogP contribution in [-0.2, 0) is 0 Å². The van der Waals surface area contributed by atoms with E-state index < -0.39 is 0 Å². The van der Waals surface area contributed by atoms with Gasteiger partial charge in [0.05, 0.1) is 0 Å². The van der Waals surface area contributed by atoms with Crippen molar-refractivity contribution < 1.29 is 0 Å². The van der Waals surface area contributed by atoms with Gasteiger partial charge in [-0.3, -0.25) is 4.90 Å². The Labute approximate surface area is 174 Å². The molecule has 0 unspecified atom stereocenters. The molecule has 0 radical (unpaired) electrons. The third kappa shape index (κ3) is 4.83. The third-order valence-electron chi connectivity index (χ3n) is 6.60. The summed E-state index contributed by atoms with van der Waals surface area (Å²) in [6.45, 7) is 6.45. The Bertz CT molecular complexity index is 625. The summed E-state index contributed by atoms with van der Waals surface area (Å²) in [5, 5.41) is 12.7. The zero-order valence-corrected chi connectivity index (χ0v) is 17.4. The Morgan fingerprint density at radius 2 is 1.59 bits per heavy atom. The molecule has 4 rings (SSSR count). The maximum Gasteiger partial charge on any atom is 0.183 e. The van der Waals surface area contributed by atoms with Gasteiger partial charge in [0, 0.05) is 44.6 Å². The smallest absolute Gasteiger partial charge is 0.183 e. The second-order valence-electron chi connectivity index (χ2n) is 7.84. The van der Waals surface area contributed by atoms with Crippen molar-refractivity contribution >= 4 is 30.6 Å². The first-order valence-corrected chi connectivity index (χ1v) is 9.71. The van der Waals surface area contributed by atoms with Crippen LogP contribution in [0.5, 0.6) is 0 Å². The molecular weight excluding hydrogens is 383 g/mol. The second kappa shape index (κ2) is 9.88. The summed E-state index contributed by atoms with van der Waals surface area (Å²) in [7, 11) is 0. The van der Waals surface area contributed by atoms with Gasteiger partial charge < -0.3 is 10.2 Å². The SMILES string of the molecule is Cl.Cl.N#Cc1nccnc1N1CCN(C2CCC3(CCNCC3)CC2)CC1. The molecule has 2 saturated heterocycles. The van der Waals surface area contributed by atoms with E-state index >= 15 is 0 Å². The van der Waals surface area contributed by atoms with Crippen molar-refractivity contribution in [1.82, 2.24) is 20.2 Å². The van der Waals surface area contributed by atoms with E-state index in [4.69, 9.17) is 0 Å². The summed E-state index contributed by atoms with van der Waals surface area (Å²) >= 11 is 0. The van der Waals surface area contributed by atoms with Crippen molar-refractivity contribution in [3.05, 3.63) is 18.1 Å². The summed E-state index contributed by atoms with van der Waals surface area (Å²) in [5.41, 5.74) is 1.09. The highest BCUT2D eigenvalue weighted by Gasteiger charge is 2.38. The van der Waals surface area contributed by atoms with Crippen LogP contribution >= 0.6 is 24.8 Å². The third-order valence-corrected chi connectivity index (χ3v) is 6.60. The number of hydrogen-bond acceptors (Lipinski definition) is 6. The van der Waals surface area contributed by atoms with E-state index in [0.717, 1.165) is 38.0 Å². The number of nitrogens with zero attached hydrogens (tertiary/aromatic N) is 5. The van der Waals surface area contributed by atoms with E-state index in [2.05, 4.69) is 31.2 Å². The number of anilines is 1. The predicted molar refractivity (Wildman–Crippen MR) is 112 cm³/mol. The zero-order valence-electron chi connectivity index (χ0n) is 15.8. The fraction of sp³-hybridized carbons (Fsp3) is 0.737. The van der Waals surface area contributed by atoms with Crippen molar-refractivity contribution in [3.8, 4) is 6.07 Å². The van der Waals surface area contributed by atoms with E-state index in [1.165, 1.54) is 51.6 Å². The van der Waals surface area contributed by atoms with Crippen molar-refractivity contribution in [2.45, 2.75) is 44.6 Å². The lowest BCUT2D eigenvalue weighted by Gasteiger charge is -2.47. The second-order valence-corrected chi connectivity index (χ2v) is 7.84. The standard InChI is InChI=1S/C19H28N6.2ClH/c20-15-17-18(23-10-9-22-17)25-13-11-24(12-14-25)16-1-3-19(4-2-16)5-7-21-8-6-19;;/h9-10,16,21H,1-8,11-14H2;2*1H. The Balaban J connectivity index is 0.00000131. The highest BCUT2D eigenvalue weighted by molar-refractivity contribution is 5.85. The Morgan fingerprint density at radius 1 is 0.963 bits per heavy atom. The summed E-state index contributed by atoms with van der Waals surface area (Å²) < 4.78 is 0. The molecule has 8 heteroatoms. The average molecular weight is 413 g/mol. The van der Waals surface area contributed by atoms with Gasteiger partial charge in [0.15, 0.2) is 11.5 Å². The molecule has 3 fully saturated rings. The summed E-state index contributed by atoms with van der Waals surface area (Å²) in [6.07, 6.45) is 11.5. The van der Waals surface area contributed by atoms with Crippen LogP contribution in [0.15, 0.2) is 12.4 Å². The van der Waals surface area contributed by atoms with Gasteiger partial charge >= 0.3 is 0 Å².